The number of fused-ring (bicyclic) bond motifs is 1. The number of anilines is 1. The molecule has 3 aromatic rings. The van der Waals surface area contributed by atoms with Crippen LogP contribution in [0.4, 0.5) is 5.69 Å². The summed E-state index contributed by atoms with van der Waals surface area (Å²) in [6.45, 7) is 2.73. The highest BCUT2D eigenvalue weighted by Crippen LogP contribution is 2.24. The maximum atomic E-state index is 12.6. The van der Waals surface area contributed by atoms with Gasteiger partial charge in [-0.1, -0.05) is 30.3 Å². The number of amides is 2. The summed E-state index contributed by atoms with van der Waals surface area (Å²) in [7, 11) is 0. The fourth-order valence-electron chi connectivity index (χ4n) is 3.55. The summed E-state index contributed by atoms with van der Waals surface area (Å²) < 4.78 is 5.22. The van der Waals surface area contributed by atoms with E-state index >= 15 is 0 Å². The molecule has 0 spiro atoms. The Kier molecular flexibility index (Phi) is 4.69. The predicted molar refractivity (Wildman–Crippen MR) is 106 cm³/mol. The van der Waals surface area contributed by atoms with Crippen molar-refractivity contribution in [3.8, 4) is 0 Å². The van der Waals surface area contributed by atoms with Crippen molar-refractivity contribution in [2.24, 2.45) is 5.92 Å². The van der Waals surface area contributed by atoms with Crippen molar-refractivity contribution < 1.29 is 14.0 Å². The summed E-state index contributed by atoms with van der Waals surface area (Å²) in [5, 5.41) is 3.66. The van der Waals surface area contributed by atoms with E-state index < -0.39 is 11.5 Å². The van der Waals surface area contributed by atoms with Gasteiger partial charge >= 0.3 is 5.63 Å². The second-order valence-electron chi connectivity index (χ2n) is 7.11. The molecule has 6 nitrogen and oxygen atoms in total. The van der Waals surface area contributed by atoms with Crippen LogP contribution >= 0.6 is 0 Å². The number of aryl methyl sites for hydroxylation is 1. The van der Waals surface area contributed by atoms with Gasteiger partial charge in [-0.3, -0.25) is 9.59 Å². The highest BCUT2D eigenvalue weighted by molar-refractivity contribution is 5.98. The molecule has 1 N–H and O–H groups in total. The number of hydrogen-bond acceptors (Lipinski definition) is 4. The molecule has 0 saturated carbocycles. The van der Waals surface area contributed by atoms with Gasteiger partial charge in [0.1, 0.15) is 5.58 Å². The third-order valence-electron chi connectivity index (χ3n) is 5.02. The molecule has 1 saturated heterocycles. The lowest BCUT2D eigenvalue weighted by atomic mass is 10.1. The van der Waals surface area contributed by atoms with Crippen LogP contribution in [-0.4, -0.2) is 23.3 Å². The van der Waals surface area contributed by atoms with Crippen LogP contribution < -0.4 is 10.9 Å². The first-order valence-corrected chi connectivity index (χ1v) is 9.17. The minimum atomic E-state index is -0.425. The van der Waals surface area contributed by atoms with Crippen molar-refractivity contribution in [3.63, 3.8) is 0 Å². The van der Waals surface area contributed by atoms with Crippen LogP contribution in [0.25, 0.3) is 11.0 Å². The Morgan fingerprint density at radius 1 is 1.14 bits per heavy atom. The Morgan fingerprint density at radius 2 is 1.93 bits per heavy atom. The molecule has 0 radical (unpaired) electrons. The summed E-state index contributed by atoms with van der Waals surface area (Å²) >= 11 is 0. The lowest BCUT2D eigenvalue weighted by Crippen LogP contribution is -2.28. The van der Waals surface area contributed by atoms with Crippen LogP contribution in [-0.2, 0) is 16.1 Å². The Labute approximate surface area is 161 Å². The van der Waals surface area contributed by atoms with E-state index in [-0.39, 0.29) is 18.2 Å². The van der Waals surface area contributed by atoms with E-state index in [4.69, 9.17) is 4.42 Å². The SMILES string of the molecule is Cc1cc(=O)oc2cc(NC(=O)C3CC(=O)N(Cc4ccccc4)C3)ccc12. The molecule has 1 unspecified atom stereocenters. The topological polar surface area (TPSA) is 79.6 Å². The van der Waals surface area contributed by atoms with Crippen molar-refractivity contribution in [2.75, 3.05) is 11.9 Å². The molecule has 1 aliphatic heterocycles. The monoisotopic (exact) mass is 376 g/mol. The average Bonchev–Trinajstić information content (AvgIpc) is 3.03. The molecule has 2 aromatic carbocycles. The maximum Gasteiger partial charge on any atom is 0.336 e. The Bertz CT molecular complexity index is 1100. The number of benzene rings is 2. The minimum Gasteiger partial charge on any atom is -0.423 e. The number of nitrogens with one attached hydrogen (secondary N) is 1. The van der Waals surface area contributed by atoms with E-state index in [9.17, 15) is 14.4 Å². The van der Waals surface area contributed by atoms with Crippen LogP contribution in [0.15, 0.2) is 63.8 Å². The zero-order valence-corrected chi connectivity index (χ0v) is 15.5. The molecule has 6 heteroatoms. The van der Waals surface area contributed by atoms with E-state index in [0.29, 0.717) is 24.4 Å². The van der Waals surface area contributed by atoms with E-state index in [1.54, 1.807) is 17.0 Å². The first-order valence-electron chi connectivity index (χ1n) is 9.17. The molecule has 0 aliphatic carbocycles. The lowest BCUT2D eigenvalue weighted by Gasteiger charge is -2.16. The van der Waals surface area contributed by atoms with Gasteiger partial charge in [0.15, 0.2) is 0 Å². The van der Waals surface area contributed by atoms with Crippen molar-refractivity contribution in [3.05, 3.63) is 76.1 Å². The number of carbonyl (C=O) groups excluding carboxylic acids is 2. The molecular weight excluding hydrogens is 356 g/mol. The molecule has 2 amide bonds. The molecule has 1 fully saturated rings. The molecule has 2 heterocycles. The van der Waals surface area contributed by atoms with Crippen molar-refractivity contribution in [2.45, 2.75) is 19.9 Å². The van der Waals surface area contributed by atoms with E-state index in [2.05, 4.69) is 5.32 Å². The Morgan fingerprint density at radius 3 is 2.71 bits per heavy atom. The van der Waals surface area contributed by atoms with Crippen LogP contribution in [0, 0.1) is 12.8 Å². The summed E-state index contributed by atoms with van der Waals surface area (Å²) in [6.07, 6.45) is 0.195. The number of carbonyl (C=O) groups is 2. The van der Waals surface area contributed by atoms with Crippen molar-refractivity contribution in [1.82, 2.24) is 4.90 Å². The maximum absolute atomic E-state index is 12.6. The minimum absolute atomic E-state index is 0.0239. The molecule has 4 rings (SSSR count). The number of likely N-dealkylation sites (tertiary alicyclic amines) is 1. The van der Waals surface area contributed by atoms with E-state index in [1.165, 1.54) is 6.07 Å². The van der Waals surface area contributed by atoms with Crippen LogP contribution in [0.1, 0.15) is 17.5 Å². The number of nitrogens with zero attached hydrogens (tertiary/aromatic N) is 1. The summed E-state index contributed by atoms with van der Waals surface area (Å²) in [6, 6.07) is 16.4. The second-order valence-corrected chi connectivity index (χ2v) is 7.11. The first kappa shape index (κ1) is 18.0. The lowest BCUT2D eigenvalue weighted by molar-refractivity contribution is -0.128. The van der Waals surface area contributed by atoms with Crippen LogP contribution in [0.5, 0.6) is 0 Å². The predicted octanol–water partition coefficient (Wildman–Crippen LogP) is 3.09. The zero-order chi connectivity index (χ0) is 19.7. The third-order valence-corrected chi connectivity index (χ3v) is 5.02. The molecular formula is C22H20N2O4. The third kappa shape index (κ3) is 3.67. The second kappa shape index (κ2) is 7.31. The van der Waals surface area contributed by atoms with Gasteiger partial charge in [-0.15, -0.1) is 0 Å². The van der Waals surface area contributed by atoms with Gasteiger partial charge in [-0.25, -0.2) is 4.79 Å². The fourth-order valence-corrected chi connectivity index (χ4v) is 3.55. The van der Waals surface area contributed by atoms with Gasteiger partial charge in [0.05, 0.1) is 5.92 Å². The van der Waals surface area contributed by atoms with Gasteiger partial charge in [-0.05, 0) is 30.2 Å². The molecule has 1 aromatic heterocycles. The van der Waals surface area contributed by atoms with E-state index in [0.717, 1.165) is 16.5 Å². The van der Waals surface area contributed by atoms with Gasteiger partial charge in [0.25, 0.3) is 0 Å². The van der Waals surface area contributed by atoms with Crippen molar-refractivity contribution in [1.29, 1.82) is 0 Å². The smallest absolute Gasteiger partial charge is 0.336 e. The summed E-state index contributed by atoms with van der Waals surface area (Å²) in [4.78, 5) is 38.2. The number of hydrogen-bond donors (Lipinski definition) is 1. The standard InChI is InChI=1S/C22H20N2O4/c1-14-9-21(26)28-19-11-17(7-8-18(14)19)23-22(27)16-10-20(25)24(13-16)12-15-5-3-2-4-6-15/h2-9,11,16H,10,12-13H2,1H3,(H,23,27). The molecule has 1 aliphatic rings. The van der Waals surface area contributed by atoms with Gasteiger partial charge < -0.3 is 14.6 Å². The Hall–Kier alpha value is -3.41. The molecule has 28 heavy (non-hydrogen) atoms. The Balaban J connectivity index is 1.46. The molecule has 0 bridgehead atoms. The largest absolute Gasteiger partial charge is 0.423 e. The van der Waals surface area contributed by atoms with Crippen molar-refractivity contribution >= 4 is 28.5 Å². The van der Waals surface area contributed by atoms with Gasteiger partial charge in [0, 0.05) is 42.7 Å². The first-order chi connectivity index (χ1) is 13.5. The van der Waals surface area contributed by atoms with Gasteiger partial charge in [-0.2, -0.15) is 0 Å². The van der Waals surface area contributed by atoms with Crippen LogP contribution in [0.2, 0.25) is 0 Å². The highest BCUT2D eigenvalue weighted by Gasteiger charge is 2.34. The fraction of sp³-hybridized carbons (Fsp3) is 0.227. The zero-order valence-electron chi connectivity index (χ0n) is 15.5. The quantitative estimate of drug-likeness (QED) is 0.710. The summed E-state index contributed by atoms with van der Waals surface area (Å²) in [5.41, 5.74) is 2.40. The number of rotatable bonds is 4. The van der Waals surface area contributed by atoms with Gasteiger partial charge in [0.2, 0.25) is 11.8 Å². The van der Waals surface area contributed by atoms with E-state index in [1.807, 2.05) is 43.3 Å². The molecule has 142 valence electrons. The average molecular weight is 376 g/mol. The summed E-state index contributed by atoms with van der Waals surface area (Å²) in [5.74, 6) is -0.640. The highest BCUT2D eigenvalue weighted by atomic mass is 16.4. The molecule has 1 atom stereocenters. The normalized spacial score (nSPS) is 16.5. The van der Waals surface area contributed by atoms with Crippen LogP contribution in [0.3, 0.4) is 0 Å².